The highest BCUT2D eigenvalue weighted by Gasteiger charge is 2.25. The van der Waals surface area contributed by atoms with Gasteiger partial charge in [0.2, 0.25) is 0 Å². The molecule has 0 bridgehead atoms. The van der Waals surface area contributed by atoms with E-state index in [0.717, 1.165) is 6.42 Å². The number of rotatable bonds is 8. The summed E-state index contributed by atoms with van der Waals surface area (Å²) in [6.07, 6.45) is 0.744. The van der Waals surface area contributed by atoms with Crippen molar-refractivity contribution in [3.8, 4) is 0 Å². The number of nitrogens with two attached hydrogens (primary N) is 1. The van der Waals surface area contributed by atoms with E-state index in [2.05, 4.69) is 0 Å². The summed E-state index contributed by atoms with van der Waals surface area (Å²) in [7, 11) is 1.57. The van der Waals surface area contributed by atoms with Crippen molar-refractivity contribution in [3.63, 3.8) is 0 Å². The van der Waals surface area contributed by atoms with E-state index in [1.165, 1.54) is 0 Å². The maximum Gasteiger partial charge on any atom is 0.306 e. The molecule has 2 atom stereocenters. The molecule has 0 saturated carbocycles. The Morgan fingerprint density at radius 3 is 2.44 bits per heavy atom. The predicted molar refractivity (Wildman–Crippen MR) is 59.6 cm³/mol. The lowest BCUT2D eigenvalue weighted by Crippen LogP contribution is -2.38. The number of primary amides is 1. The van der Waals surface area contributed by atoms with Gasteiger partial charge < -0.3 is 15.2 Å². The first kappa shape index (κ1) is 14.9. The molecular formula is C11H21NO4. The topological polar surface area (TPSA) is 78.6 Å². The molecule has 0 spiro atoms. The Balaban J connectivity index is 4.09. The summed E-state index contributed by atoms with van der Waals surface area (Å²) in [4.78, 5) is 22.5. The van der Waals surface area contributed by atoms with Crippen LogP contribution in [0.4, 0.5) is 0 Å². The predicted octanol–water partition coefficient (Wildman–Crippen LogP) is 0.856. The first-order valence-electron chi connectivity index (χ1n) is 5.50. The van der Waals surface area contributed by atoms with Crippen LogP contribution in [0.25, 0.3) is 0 Å². The fourth-order valence-electron chi connectivity index (χ4n) is 1.23. The number of esters is 1. The summed E-state index contributed by atoms with van der Waals surface area (Å²) in [6, 6.07) is 0. The minimum Gasteiger partial charge on any atom is -0.452 e. The quantitative estimate of drug-likeness (QED) is 0.496. The van der Waals surface area contributed by atoms with Crippen molar-refractivity contribution in [2.24, 2.45) is 11.7 Å². The third-order valence-electron chi connectivity index (χ3n) is 2.43. The maximum atomic E-state index is 11.4. The smallest absolute Gasteiger partial charge is 0.306 e. The fourth-order valence-corrected chi connectivity index (χ4v) is 1.23. The zero-order valence-corrected chi connectivity index (χ0v) is 10.2. The molecule has 1 amide bonds. The van der Waals surface area contributed by atoms with Gasteiger partial charge in [-0.3, -0.25) is 9.59 Å². The average Bonchev–Trinajstić information content (AvgIpc) is 2.25. The van der Waals surface area contributed by atoms with Gasteiger partial charge >= 0.3 is 5.97 Å². The van der Waals surface area contributed by atoms with Crippen LogP contribution in [0, 0.1) is 5.92 Å². The van der Waals surface area contributed by atoms with Crippen LogP contribution in [0.3, 0.4) is 0 Å². The van der Waals surface area contributed by atoms with Crippen molar-refractivity contribution in [1.82, 2.24) is 0 Å². The highest BCUT2D eigenvalue weighted by atomic mass is 16.5. The first-order valence-corrected chi connectivity index (χ1v) is 5.50. The summed E-state index contributed by atoms with van der Waals surface area (Å²) in [5, 5.41) is 0. The van der Waals surface area contributed by atoms with E-state index in [-0.39, 0.29) is 12.3 Å². The number of carbonyl (C=O) groups excluding carboxylic acids is 2. The summed E-state index contributed by atoms with van der Waals surface area (Å²) in [5.74, 6) is -1.04. The molecule has 0 fully saturated rings. The third kappa shape index (κ3) is 5.70. The van der Waals surface area contributed by atoms with Crippen molar-refractivity contribution >= 4 is 11.9 Å². The molecule has 2 N–H and O–H groups in total. The number of carbonyl (C=O) groups is 2. The van der Waals surface area contributed by atoms with Crippen LogP contribution in [0.2, 0.25) is 0 Å². The van der Waals surface area contributed by atoms with E-state index in [1.54, 1.807) is 7.11 Å². The minimum atomic E-state index is -0.819. The normalized spacial score (nSPS) is 14.2. The highest BCUT2D eigenvalue weighted by molar-refractivity contribution is 5.82. The van der Waals surface area contributed by atoms with E-state index in [9.17, 15) is 9.59 Å². The average molecular weight is 231 g/mol. The molecule has 0 aliphatic carbocycles. The molecule has 0 saturated heterocycles. The summed E-state index contributed by atoms with van der Waals surface area (Å²) < 4.78 is 9.86. The second kappa shape index (κ2) is 8.10. The molecule has 5 nitrogen and oxygen atoms in total. The maximum absolute atomic E-state index is 11.4. The number of amides is 1. The fraction of sp³-hybridized carbons (Fsp3) is 0.818. The van der Waals surface area contributed by atoms with Gasteiger partial charge in [0, 0.05) is 26.1 Å². The molecule has 2 unspecified atom stereocenters. The summed E-state index contributed by atoms with van der Waals surface area (Å²) >= 11 is 0. The minimum absolute atomic E-state index is 0.0520. The summed E-state index contributed by atoms with van der Waals surface area (Å²) in [6.45, 7) is 4.25. The van der Waals surface area contributed by atoms with Crippen LogP contribution in [-0.4, -0.2) is 31.7 Å². The standard InChI is InChI=1S/C11H21NO4/c1-4-8(2)10(11(12)14)16-9(13)6-5-7-15-3/h8,10H,4-7H2,1-3H3,(H2,12,14). The van der Waals surface area contributed by atoms with Crippen molar-refractivity contribution in [2.75, 3.05) is 13.7 Å². The monoisotopic (exact) mass is 231 g/mol. The Bertz CT molecular complexity index is 230. The van der Waals surface area contributed by atoms with E-state index >= 15 is 0 Å². The number of ether oxygens (including phenoxy) is 2. The molecule has 0 rings (SSSR count). The third-order valence-corrected chi connectivity index (χ3v) is 2.43. The Kier molecular flexibility index (Phi) is 7.54. The van der Waals surface area contributed by atoms with Crippen LogP contribution in [0.15, 0.2) is 0 Å². The lowest BCUT2D eigenvalue weighted by molar-refractivity contribution is -0.158. The van der Waals surface area contributed by atoms with Crippen LogP contribution in [-0.2, 0) is 19.1 Å². The molecule has 5 heteroatoms. The molecule has 0 aromatic rings. The Hall–Kier alpha value is -1.10. The second-order valence-corrected chi connectivity index (χ2v) is 3.79. The van der Waals surface area contributed by atoms with Gasteiger partial charge in [-0.2, -0.15) is 0 Å². The van der Waals surface area contributed by atoms with Crippen molar-refractivity contribution < 1.29 is 19.1 Å². The molecular weight excluding hydrogens is 210 g/mol. The van der Waals surface area contributed by atoms with Gasteiger partial charge in [0.25, 0.3) is 5.91 Å². The molecule has 0 aromatic carbocycles. The lowest BCUT2D eigenvalue weighted by Gasteiger charge is -2.19. The van der Waals surface area contributed by atoms with Crippen LogP contribution < -0.4 is 5.73 Å². The van der Waals surface area contributed by atoms with E-state index in [0.29, 0.717) is 13.0 Å². The molecule has 0 radical (unpaired) electrons. The summed E-state index contributed by atoms with van der Waals surface area (Å²) in [5.41, 5.74) is 5.18. The number of hydrogen-bond donors (Lipinski definition) is 1. The Labute approximate surface area is 96.3 Å². The van der Waals surface area contributed by atoms with Gasteiger partial charge in [-0.15, -0.1) is 0 Å². The van der Waals surface area contributed by atoms with E-state index in [4.69, 9.17) is 15.2 Å². The zero-order valence-electron chi connectivity index (χ0n) is 10.2. The SMILES string of the molecule is CCC(C)C(OC(=O)CCCOC)C(N)=O. The van der Waals surface area contributed by atoms with Gasteiger partial charge in [-0.1, -0.05) is 13.8 Å². The number of methoxy groups -OCH3 is 1. The van der Waals surface area contributed by atoms with Gasteiger partial charge in [0.15, 0.2) is 6.10 Å². The van der Waals surface area contributed by atoms with Gasteiger partial charge in [0.1, 0.15) is 0 Å². The van der Waals surface area contributed by atoms with Crippen LogP contribution in [0.5, 0.6) is 0 Å². The zero-order chi connectivity index (χ0) is 12.6. The molecule has 0 aliphatic rings. The van der Waals surface area contributed by atoms with Crippen molar-refractivity contribution in [3.05, 3.63) is 0 Å². The lowest BCUT2D eigenvalue weighted by atomic mass is 10.0. The second-order valence-electron chi connectivity index (χ2n) is 3.79. The molecule has 94 valence electrons. The largest absolute Gasteiger partial charge is 0.452 e. The van der Waals surface area contributed by atoms with E-state index < -0.39 is 18.0 Å². The molecule has 0 heterocycles. The molecule has 0 aliphatic heterocycles. The first-order chi connectivity index (χ1) is 7.52. The van der Waals surface area contributed by atoms with Crippen molar-refractivity contribution in [2.45, 2.75) is 39.2 Å². The highest BCUT2D eigenvalue weighted by Crippen LogP contribution is 2.12. The number of hydrogen-bond acceptors (Lipinski definition) is 4. The molecule has 0 aromatic heterocycles. The van der Waals surface area contributed by atoms with Gasteiger partial charge in [-0.05, 0) is 12.8 Å². The molecule has 16 heavy (non-hydrogen) atoms. The van der Waals surface area contributed by atoms with E-state index in [1.807, 2.05) is 13.8 Å². The van der Waals surface area contributed by atoms with Gasteiger partial charge in [-0.25, -0.2) is 0 Å². The van der Waals surface area contributed by atoms with Crippen LogP contribution >= 0.6 is 0 Å². The van der Waals surface area contributed by atoms with Gasteiger partial charge in [0.05, 0.1) is 0 Å². The van der Waals surface area contributed by atoms with Crippen LogP contribution in [0.1, 0.15) is 33.1 Å². The van der Waals surface area contributed by atoms with Crippen molar-refractivity contribution in [1.29, 1.82) is 0 Å². The Morgan fingerprint density at radius 1 is 1.38 bits per heavy atom. The Morgan fingerprint density at radius 2 is 2.00 bits per heavy atom.